The van der Waals surface area contributed by atoms with Gasteiger partial charge in [-0.05, 0) is 6.07 Å². The number of nitrogens with one attached hydrogen (secondary N) is 1. The minimum atomic E-state index is 0.610. The van der Waals surface area contributed by atoms with E-state index in [1.165, 1.54) is 0 Å². The van der Waals surface area contributed by atoms with E-state index in [1.807, 2.05) is 23.6 Å². The van der Waals surface area contributed by atoms with Crippen molar-refractivity contribution < 1.29 is 4.74 Å². The highest BCUT2D eigenvalue weighted by Crippen LogP contribution is 2.12. The Kier molecular flexibility index (Phi) is 3.14. The van der Waals surface area contributed by atoms with Crippen LogP contribution in [-0.2, 0) is 6.54 Å². The molecule has 2 aromatic rings. The third-order valence-corrected chi connectivity index (χ3v) is 2.62. The zero-order chi connectivity index (χ0) is 10.5. The fourth-order valence-electron chi connectivity index (χ4n) is 1.13. The maximum atomic E-state index is 5.03. The lowest BCUT2D eigenvalue weighted by Gasteiger charge is -2.04. The van der Waals surface area contributed by atoms with Gasteiger partial charge in [0.05, 0.1) is 13.7 Å². The highest BCUT2D eigenvalue weighted by Gasteiger charge is 1.98. The van der Waals surface area contributed by atoms with Gasteiger partial charge in [-0.15, -0.1) is 11.3 Å². The molecule has 0 atom stereocenters. The van der Waals surface area contributed by atoms with Crippen LogP contribution in [0.4, 0.5) is 5.82 Å². The van der Waals surface area contributed by atoms with Crippen LogP contribution in [-0.4, -0.2) is 17.1 Å². The number of ether oxygens (including phenoxy) is 1. The first kappa shape index (κ1) is 9.92. The van der Waals surface area contributed by atoms with Crippen molar-refractivity contribution in [3.63, 3.8) is 0 Å². The molecule has 5 heteroatoms. The van der Waals surface area contributed by atoms with Gasteiger partial charge < -0.3 is 10.1 Å². The maximum absolute atomic E-state index is 5.03. The fraction of sp³-hybridized carbons (Fsp3) is 0.200. The van der Waals surface area contributed by atoms with Crippen LogP contribution in [0.3, 0.4) is 0 Å². The van der Waals surface area contributed by atoms with Crippen LogP contribution in [0.1, 0.15) is 5.01 Å². The summed E-state index contributed by atoms with van der Waals surface area (Å²) in [5.74, 6) is 1.41. The predicted octanol–water partition coefficient (Wildman–Crippen LogP) is 2.16. The van der Waals surface area contributed by atoms with Crippen LogP contribution in [0.25, 0.3) is 0 Å². The van der Waals surface area contributed by atoms with Crippen LogP contribution in [0, 0.1) is 0 Å². The number of anilines is 1. The molecule has 0 spiro atoms. The molecular weight excluding hydrogens is 210 g/mol. The number of hydrogen-bond donors (Lipinski definition) is 1. The van der Waals surface area contributed by atoms with Gasteiger partial charge in [0.2, 0.25) is 5.88 Å². The van der Waals surface area contributed by atoms with E-state index < -0.39 is 0 Å². The van der Waals surface area contributed by atoms with Gasteiger partial charge in [-0.3, -0.25) is 0 Å². The SMILES string of the molecule is COc1cccc(NCc2nccs2)n1. The van der Waals surface area contributed by atoms with Gasteiger partial charge in [-0.25, -0.2) is 4.98 Å². The van der Waals surface area contributed by atoms with Crippen LogP contribution < -0.4 is 10.1 Å². The van der Waals surface area contributed by atoms with E-state index in [1.54, 1.807) is 24.6 Å². The molecule has 0 aromatic carbocycles. The van der Waals surface area contributed by atoms with E-state index in [0.717, 1.165) is 10.8 Å². The third-order valence-electron chi connectivity index (χ3n) is 1.84. The highest BCUT2D eigenvalue weighted by molar-refractivity contribution is 7.09. The quantitative estimate of drug-likeness (QED) is 0.859. The molecule has 0 bridgehead atoms. The number of rotatable bonds is 4. The minimum absolute atomic E-state index is 0.610. The van der Waals surface area contributed by atoms with E-state index in [9.17, 15) is 0 Å². The topological polar surface area (TPSA) is 47.0 Å². The van der Waals surface area contributed by atoms with Gasteiger partial charge in [0, 0.05) is 17.6 Å². The summed E-state index contributed by atoms with van der Waals surface area (Å²) in [7, 11) is 1.60. The van der Waals surface area contributed by atoms with Crippen molar-refractivity contribution in [3.05, 3.63) is 34.8 Å². The summed E-state index contributed by atoms with van der Waals surface area (Å²) >= 11 is 1.62. The summed E-state index contributed by atoms with van der Waals surface area (Å²) in [4.78, 5) is 8.41. The smallest absolute Gasteiger partial charge is 0.214 e. The average Bonchev–Trinajstić information content (AvgIpc) is 2.79. The first-order chi connectivity index (χ1) is 7.38. The Morgan fingerprint density at radius 2 is 2.40 bits per heavy atom. The second-order valence-electron chi connectivity index (χ2n) is 2.84. The largest absolute Gasteiger partial charge is 0.481 e. The van der Waals surface area contributed by atoms with Crippen molar-refractivity contribution in [2.75, 3.05) is 12.4 Å². The number of nitrogens with zero attached hydrogens (tertiary/aromatic N) is 2. The zero-order valence-electron chi connectivity index (χ0n) is 8.30. The molecule has 78 valence electrons. The molecule has 0 unspecified atom stereocenters. The Labute approximate surface area is 92.0 Å². The molecule has 1 N–H and O–H groups in total. The summed E-state index contributed by atoms with van der Waals surface area (Å²) in [6, 6.07) is 5.61. The average molecular weight is 221 g/mol. The third kappa shape index (κ3) is 2.66. The van der Waals surface area contributed by atoms with Crippen molar-refractivity contribution >= 4 is 17.2 Å². The monoisotopic (exact) mass is 221 g/mol. The summed E-state index contributed by atoms with van der Waals surface area (Å²) in [5, 5.41) is 6.17. The Hall–Kier alpha value is -1.62. The van der Waals surface area contributed by atoms with E-state index in [2.05, 4.69) is 15.3 Å². The van der Waals surface area contributed by atoms with E-state index >= 15 is 0 Å². The highest BCUT2D eigenvalue weighted by atomic mass is 32.1. The standard InChI is InChI=1S/C10H11N3OS/c1-14-9-4-2-3-8(13-9)12-7-10-11-5-6-15-10/h2-6H,7H2,1H3,(H,12,13). The summed E-state index contributed by atoms with van der Waals surface area (Å²) in [6.45, 7) is 0.692. The van der Waals surface area contributed by atoms with Gasteiger partial charge in [-0.1, -0.05) is 6.07 Å². The molecule has 0 aliphatic rings. The molecule has 2 rings (SSSR count). The number of hydrogen-bond acceptors (Lipinski definition) is 5. The molecule has 0 radical (unpaired) electrons. The lowest BCUT2D eigenvalue weighted by atomic mass is 10.4. The Balaban J connectivity index is 1.98. The van der Waals surface area contributed by atoms with Crippen molar-refractivity contribution in [3.8, 4) is 5.88 Å². The van der Waals surface area contributed by atoms with Gasteiger partial charge in [-0.2, -0.15) is 4.98 Å². The van der Waals surface area contributed by atoms with Crippen LogP contribution in [0.2, 0.25) is 0 Å². The van der Waals surface area contributed by atoms with Crippen molar-refractivity contribution in [1.82, 2.24) is 9.97 Å². The summed E-state index contributed by atoms with van der Waals surface area (Å²) in [6.07, 6.45) is 1.79. The minimum Gasteiger partial charge on any atom is -0.481 e. The molecule has 2 heterocycles. The molecule has 15 heavy (non-hydrogen) atoms. The van der Waals surface area contributed by atoms with Crippen LogP contribution >= 0.6 is 11.3 Å². The van der Waals surface area contributed by atoms with E-state index in [0.29, 0.717) is 12.4 Å². The molecule has 0 aliphatic heterocycles. The predicted molar refractivity (Wildman–Crippen MR) is 60.2 cm³/mol. The van der Waals surface area contributed by atoms with E-state index in [-0.39, 0.29) is 0 Å². The summed E-state index contributed by atoms with van der Waals surface area (Å²) in [5.41, 5.74) is 0. The lowest BCUT2D eigenvalue weighted by Crippen LogP contribution is -2.01. The van der Waals surface area contributed by atoms with Gasteiger partial charge >= 0.3 is 0 Å². The normalized spacial score (nSPS) is 9.93. The second-order valence-corrected chi connectivity index (χ2v) is 3.82. The molecule has 0 amide bonds. The number of thiazole rings is 1. The maximum Gasteiger partial charge on any atom is 0.214 e. The fourth-order valence-corrected chi connectivity index (χ4v) is 1.69. The first-order valence-electron chi connectivity index (χ1n) is 4.52. The van der Waals surface area contributed by atoms with Crippen molar-refractivity contribution in [2.45, 2.75) is 6.54 Å². The summed E-state index contributed by atoms with van der Waals surface area (Å²) < 4.78 is 5.03. The van der Waals surface area contributed by atoms with Crippen LogP contribution in [0.5, 0.6) is 5.88 Å². The Morgan fingerprint density at radius 1 is 1.47 bits per heavy atom. The number of methoxy groups -OCH3 is 1. The van der Waals surface area contributed by atoms with E-state index in [4.69, 9.17) is 4.74 Å². The van der Waals surface area contributed by atoms with Gasteiger partial charge in [0.15, 0.2) is 0 Å². The molecular formula is C10H11N3OS. The van der Waals surface area contributed by atoms with Crippen LogP contribution in [0.15, 0.2) is 29.8 Å². The lowest BCUT2D eigenvalue weighted by molar-refractivity contribution is 0.398. The van der Waals surface area contributed by atoms with Crippen molar-refractivity contribution in [1.29, 1.82) is 0 Å². The molecule has 0 saturated heterocycles. The number of pyridine rings is 1. The van der Waals surface area contributed by atoms with Crippen molar-refractivity contribution in [2.24, 2.45) is 0 Å². The second kappa shape index (κ2) is 4.75. The van der Waals surface area contributed by atoms with Gasteiger partial charge in [0.1, 0.15) is 10.8 Å². The molecule has 0 aliphatic carbocycles. The zero-order valence-corrected chi connectivity index (χ0v) is 9.12. The molecule has 4 nitrogen and oxygen atoms in total. The van der Waals surface area contributed by atoms with Gasteiger partial charge in [0.25, 0.3) is 0 Å². The Bertz CT molecular complexity index is 416. The number of aromatic nitrogens is 2. The molecule has 2 aromatic heterocycles. The first-order valence-corrected chi connectivity index (χ1v) is 5.40. The molecule has 0 saturated carbocycles. The Morgan fingerprint density at radius 3 is 3.13 bits per heavy atom. The molecule has 0 fully saturated rings.